The molecule has 1 aromatic carbocycles. The van der Waals surface area contributed by atoms with Gasteiger partial charge in [-0.2, -0.15) is 0 Å². The van der Waals surface area contributed by atoms with Crippen LogP contribution in [0.3, 0.4) is 0 Å². The van der Waals surface area contributed by atoms with Crippen LogP contribution in [0.15, 0.2) is 24.4 Å². The molecule has 0 amide bonds. The van der Waals surface area contributed by atoms with E-state index in [1.165, 1.54) is 68.7 Å². The van der Waals surface area contributed by atoms with E-state index in [4.69, 9.17) is 4.74 Å². The zero-order valence-corrected chi connectivity index (χ0v) is 13.6. The molecule has 2 rings (SSSR count). The summed E-state index contributed by atoms with van der Waals surface area (Å²) in [5.74, 6) is 0.940. The smallest absolute Gasteiger partial charge is 0.142 e. The second-order valence-electron chi connectivity index (χ2n) is 5.92. The van der Waals surface area contributed by atoms with Crippen LogP contribution in [0, 0.1) is 0 Å². The molecule has 2 aromatic rings. The summed E-state index contributed by atoms with van der Waals surface area (Å²) in [6.07, 6.45) is 14.3. The lowest BCUT2D eigenvalue weighted by atomic mass is 10.0. The van der Waals surface area contributed by atoms with Gasteiger partial charge in [0.05, 0.1) is 12.6 Å². The van der Waals surface area contributed by atoms with Gasteiger partial charge in [0.2, 0.25) is 0 Å². The Morgan fingerprint density at radius 3 is 2.38 bits per heavy atom. The van der Waals surface area contributed by atoms with Crippen LogP contribution in [0.2, 0.25) is 0 Å². The first kappa shape index (κ1) is 15.9. The molecule has 0 spiro atoms. The topological polar surface area (TPSA) is 25.0 Å². The lowest BCUT2D eigenvalue weighted by molar-refractivity contribution is 0.419. The van der Waals surface area contributed by atoms with Crippen molar-refractivity contribution in [2.45, 2.75) is 64.7 Å². The van der Waals surface area contributed by atoms with Gasteiger partial charge in [-0.25, -0.2) is 0 Å². The maximum atomic E-state index is 5.40. The van der Waals surface area contributed by atoms with Gasteiger partial charge in [-0.3, -0.25) is 0 Å². The summed E-state index contributed by atoms with van der Waals surface area (Å²) >= 11 is 0. The number of aryl methyl sites for hydroxylation is 1. The minimum absolute atomic E-state index is 0.940. The number of para-hydroxylation sites is 1. The Bertz CT molecular complexity index is 529. The summed E-state index contributed by atoms with van der Waals surface area (Å²) in [7, 11) is 1.73. The Balaban J connectivity index is 1.74. The summed E-state index contributed by atoms with van der Waals surface area (Å²) in [6, 6.07) is 6.28. The van der Waals surface area contributed by atoms with Gasteiger partial charge in [-0.05, 0) is 24.5 Å². The molecule has 0 fully saturated rings. The van der Waals surface area contributed by atoms with Crippen LogP contribution in [0.1, 0.15) is 63.9 Å². The Morgan fingerprint density at radius 2 is 1.67 bits per heavy atom. The van der Waals surface area contributed by atoms with Gasteiger partial charge in [0.25, 0.3) is 0 Å². The van der Waals surface area contributed by atoms with Crippen molar-refractivity contribution in [2.24, 2.45) is 0 Å². The molecule has 1 heterocycles. The van der Waals surface area contributed by atoms with Crippen LogP contribution in [0.25, 0.3) is 10.9 Å². The average Bonchev–Trinajstić information content (AvgIpc) is 2.93. The quantitative estimate of drug-likeness (QED) is 0.544. The van der Waals surface area contributed by atoms with Gasteiger partial charge in [0, 0.05) is 11.6 Å². The largest absolute Gasteiger partial charge is 0.495 e. The second kappa shape index (κ2) is 8.76. The van der Waals surface area contributed by atoms with Gasteiger partial charge in [0.15, 0.2) is 0 Å². The van der Waals surface area contributed by atoms with E-state index in [1.807, 2.05) is 6.07 Å². The van der Waals surface area contributed by atoms with Crippen LogP contribution < -0.4 is 4.74 Å². The highest BCUT2D eigenvalue weighted by Gasteiger charge is 2.07. The predicted octanol–water partition coefficient (Wildman–Crippen LogP) is 5.86. The molecule has 0 aliphatic heterocycles. The number of aromatic nitrogens is 1. The Labute approximate surface area is 128 Å². The van der Waals surface area contributed by atoms with Crippen LogP contribution in [-0.4, -0.2) is 12.1 Å². The fourth-order valence-electron chi connectivity index (χ4n) is 3.01. The summed E-state index contributed by atoms with van der Waals surface area (Å²) in [5.41, 5.74) is 2.56. The van der Waals surface area contributed by atoms with E-state index in [0.717, 1.165) is 11.3 Å². The number of methoxy groups -OCH3 is 1. The van der Waals surface area contributed by atoms with E-state index in [-0.39, 0.29) is 0 Å². The first-order chi connectivity index (χ1) is 10.4. The van der Waals surface area contributed by atoms with E-state index in [1.54, 1.807) is 7.11 Å². The average molecular weight is 287 g/mol. The van der Waals surface area contributed by atoms with Gasteiger partial charge < -0.3 is 9.72 Å². The zero-order valence-electron chi connectivity index (χ0n) is 13.6. The van der Waals surface area contributed by atoms with E-state index < -0.39 is 0 Å². The fourth-order valence-corrected chi connectivity index (χ4v) is 3.01. The summed E-state index contributed by atoms with van der Waals surface area (Å²) < 4.78 is 5.40. The van der Waals surface area contributed by atoms with Crippen molar-refractivity contribution in [3.05, 3.63) is 30.0 Å². The predicted molar refractivity (Wildman–Crippen MR) is 91.2 cm³/mol. The van der Waals surface area contributed by atoms with Crippen LogP contribution >= 0.6 is 0 Å². The molecule has 2 nitrogen and oxygen atoms in total. The second-order valence-corrected chi connectivity index (χ2v) is 5.92. The number of benzene rings is 1. The zero-order chi connectivity index (χ0) is 14.9. The summed E-state index contributed by atoms with van der Waals surface area (Å²) in [5, 5.41) is 1.32. The molecule has 2 heteroatoms. The number of ether oxygens (including phenoxy) is 1. The van der Waals surface area contributed by atoms with Gasteiger partial charge in [-0.1, -0.05) is 64.0 Å². The highest BCUT2D eigenvalue weighted by atomic mass is 16.5. The third-order valence-corrected chi connectivity index (χ3v) is 4.28. The van der Waals surface area contributed by atoms with Crippen molar-refractivity contribution in [3.63, 3.8) is 0 Å². The molecule has 0 unspecified atom stereocenters. The molecular formula is C19H29NO. The molecule has 1 N–H and O–H groups in total. The first-order valence-corrected chi connectivity index (χ1v) is 8.49. The van der Waals surface area contributed by atoms with E-state index in [0.29, 0.717) is 0 Å². The van der Waals surface area contributed by atoms with Gasteiger partial charge in [-0.15, -0.1) is 0 Å². The number of H-pyrrole nitrogens is 1. The Kier molecular flexibility index (Phi) is 6.65. The molecule has 0 radical (unpaired) electrons. The lowest BCUT2D eigenvalue weighted by Gasteiger charge is -2.03. The monoisotopic (exact) mass is 287 g/mol. The minimum atomic E-state index is 0.940. The Hall–Kier alpha value is -1.44. The molecule has 0 aliphatic rings. The molecule has 116 valence electrons. The molecule has 21 heavy (non-hydrogen) atoms. The summed E-state index contributed by atoms with van der Waals surface area (Å²) in [6.45, 7) is 2.27. The SMILES string of the molecule is CCCCCCCCCCc1c[nH]c2c(OC)cccc12. The van der Waals surface area contributed by atoms with Crippen molar-refractivity contribution in [1.29, 1.82) is 0 Å². The summed E-state index contributed by atoms with van der Waals surface area (Å²) in [4.78, 5) is 3.36. The molecular weight excluding hydrogens is 258 g/mol. The lowest BCUT2D eigenvalue weighted by Crippen LogP contribution is -1.86. The van der Waals surface area contributed by atoms with Crippen LogP contribution in [-0.2, 0) is 6.42 Å². The maximum Gasteiger partial charge on any atom is 0.142 e. The third kappa shape index (κ3) is 4.52. The highest BCUT2D eigenvalue weighted by Crippen LogP contribution is 2.27. The highest BCUT2D eigenvalue weighted by molar-refractivity contribution is 5.88. The normalized spacial score (nSPS) is 11.1. The number of fused-ring (bicyclic) bond motifs is 1. The third-order valence-electron chi connectivity index (χ3n) is 4.28. The Morgan fingerprint density at radius 1 is 0.952 bits per heavy atom. The van der Waals surface area contributed by atoms with Crippen molar-refractivity contribution in [1.82, 2.24) is 4.98 Å². The fraction of sp³-hybridized carbons (Fsp3) is 0.579. The number of unbranched alkanes of at least 4 members (excludes halogenated alkanes) is 7. The molecule has 1 aromatic heterocycles. The number of hydrogen-bond donors (Lipinski definition) is 1. The van der Waals surface area contributed by atoms with Crippen molar-refractivity contribution < 1.29 is 4.74 Å². The molecule has 0 saturated carbocycles. The molecule has 0 atom stereocenters. The maximum absolute atomic E-state index is 5.40. The van der Waals surface area contributed by atoms with Crippen molar-refractivity contribution >= 4 is 10.9 Å². The number of hydrogen-bond acceptors (Lipinski definition) is 1. The minimum Gasteiger partial charge on any atom is -0.495 e. The van der Waals surface area contributed by atoms with Gasteiger partial charge in [0.1, 0.15) is 5.75 Å². The van der Waals surface area contributed by atoms with Crippen molar-refractivity contribution in [3.8, 4) is 5.75 Å². The standard InChI is InChI=1S/C19H29NO/c1-3-4-5-6-7-8-9-10-12-16-15-20-19-17(16)13-11-14-18(19)21-2/h11,13-15,20H,3-10,12H2,1-2H3. The molecule has 0 aliphatic carbocycles. The first-order valence-electron chi connectivity index (χ1n) is 8.49. The number of rotatable bonds is 10. The number of aromatic amines is 1. The van der Waals surface area contributed by atoms with Gasteiger partial charge >= 0.3 is 0 Å². The van der Waals surface area contributed by atoms with Crippen molar-refractivity contribution in [2.75, 3.05) is 7.11 Å². The van der Waals surface area contributed by atoms with E-state index in [9.17, 15) is 0 Å². The molecule has 0 saturated heterocycles. The van der Waals surface area contributed by atoms with Crippen LogP contribution in [0.4, 0.5) is 0 Å². The molecule has 0 bridgehead atoms. The van der Waals surface area contributed by atoms with Crippen LogP contribution in [0.5, 0.6) is 5.75 Å². The number of nitrogens with one attached hydrogen (secondary N) is 1. The van der Waals surface area contributed by atoms with E-state index >= 15 is 0 Å². The van der Waals surface area contributed by atoms with E-state index in [2.05, 4.69) is 30.2 Å².